The lowest BCUT2D eigenvalue weighted by molar-refractivity contribution is 0.00734. The minimum absolute atomic E-state index is 0.166. The molecule has 2 aliphatic rings. The van der Waals surface area contributed by atoms with E-state index in [1.165, 1.54) is 45.2 Å². The zero-order valence-electron chi connectivity index (χ0n) is 12.9. The van der Waals surface area contributed by atoms with Gasteiger partial charge in [-0.1, -0.05) is 24.6 Å². The highest BCUT2D eigenvalue weighted by Gasteiger charge is 2.33. The van der Waals surface area contributed by atoms with Crippen LogP contribution in [0.4, 0.5) is 0 Å². The van der Waals surface area contributed by atoms with E-state index >= 15 is 0 Å². The number of hydrogen-bond acceptors (Lipinski definition) is 3. The molecule has 0 N–H and O–H groups in total. The van der Waals surface area contributed by atoms with Gasteiger partial charge < -0.3 is 4.74 Å². The third-order valence-corrected chi connectivity index (χ3v) is 5.02. The third-order valence-electron chi connectivity index (χ3n) is 5.02. The number of hydrogen-bond donors (Lipinski definition) is 0. The van der Waals surface area contributed by atoms with Crippen molar-refractivity contribution in [2.75, 3.05) is 19.7 Å². The topological polar surface area (TPSA) is 29.5 Å². The molecule has 1 aromatic rings. The molecule has 3 nitrogen and oxygen atoms in total. The van der Waals surface area contributed by atoms with E-state index in [0.717, 1.165) is 5.56 Å². The SMILES string of the molecule is Cc1ccccc1C(=O)OC[C@@H]1CCCN2CCCC[C@@H]12. The van der Waals surface area contributed by atoms with Gasteiger partial charge in [-0.05, 0) is 57.3 Å². The van der Waals surface area contributed by atoms with E-state index in [0.29, 0.717) is 24.1 Å². The Kier molecular flexibility index (Phi) is 4.59. The maximum atomic E-state index is 12.2. The van der Waals surface area contributed by atoms with Gasteiger partial charge in [0.2, 0.25) is 0 Å². The van der Waals surface area contributed by atoms with Gasteiger partial charge in [0.25, 0.3) is 0 Å². The molecule has 0 aromatic heterocycles. The van der Waals surface area contributed by atoms with Gasteiger partial charge in [-0.2, -0.15) is 0 Å². The smallest absolute Gasteiger partial charge is 0.338 e. The first-order chi connectivity index (χ1) is 10.3. The summed E-state index contributed by atoms with van der Waals surface area (Å²) in [5.41, 5.74) is 1.69. The average molecular weight is 287 g/mol. The highest BCUT2D eigenvalue weighted by molar-refractivity contribution is 5.90. The van der Waals surface area contributed by atoms with Crippen molar-refractivity contribution in [1.29, 1.82) is 0 Å². The molecule has 0 bridgehead atoms. The van der Waals surface area contributed by atoms with Crippen LogP contribution in [-0.4, -0.2) is 36.6 Å². The zero-order chi connectivity index (χ0) is 14.7. The van der Waals surface area contributed by atoms with E-state index in [9.17, 15) is 4.79 Å². The molecule has 3 rings (SSSR count). The number of rotatable bonds is 3. The van der Waals surface area contributed by atoms with Crippen molar-refractivity contribution in [2.45, 2.75) is 45.1 Å². The summed E-state index contributed by atoms with van der Waals surface area (Å²) in [7, 11) is 0. The number of carbonyl (C=O) groups is 1. The summed E-state index contributed by atoms with van der Waals surface area (Å²) in [5, 5.41) is 0. The van der Waals surface area contributed by atoms with Gasteiger partial charge in [0.05, 0.1) is 12.2 Å². The lowest BCUT2D eigenvalue weighted by Gasteiger charge is -2.44. The van der Waals surface area contributed by atoms with Crippen LogP contribution in [0.3, 0.4) is 0 Å². The van der Waals surface area contributed by atoms with Crippen LogP contribution in [0.5, 0.6) is 0 Å². The number of ether oxygens (including phenoxy) is 1. The Hall–Kier alpha value is -1.35. The molecule has 2 saturated heterocycles. The van der Waals surface area contributed by atoms with Crippen molar-refractivity contribution < 1.29 is 9.53 Å². The molecular weight excluding hydrogens is 262 g/mol. The van der Waals surface area contributed by atoms with Crippen LogP contribution in [0.15, 0.2) is 24.3 Å². The van der Waals surface area contributed by atoms with Gasteiger partial charge >= 0.3 is 5.97 Å². The molecule has 0 saturated carbocycles. The van der Waals surface area contributed by atoms with Gasteiger partial charge in [0.1, 0.15) is 0 Å². The lowest BCUT2D eigenvalue weighted by Crippen LogP contribution is -2.49. The number of benzene rings is 1. The zero-order valence-corrected chi connectivity index (χ0v) is 12.9. The minimum atomic E-state index is -0.166. The van der Waals surface area contributed by atoms with Crippen LogP contribution in [0.2, 0.25) is 0 Å². The van der Waals surface area contributed by atoms with Gasteiger partial charge in [0, 0.05) is 12.0 Å². The maximum Gasteiger partial charge on any atom is 0.338 e. The second-order valence-corrected chi connectivity index (χ2v) is 6.41. The Bertz CT molecular complexity index is 498. The van der Waals surface area contributed by atoms with Crippen molar-refractivity contribution in [3.8, 4) is 0 Å². The standard InChI is InChI=1S/C18H25NO2/c1-14-7-2-3-9-16(14)18(20)21-13-15-8-6-12-19-11-5-4-10-17(15)19/h2-3,7,9,15,17H,4-6,8,10-13H2,1H3/t15-,17-/m0/s1. The van der Waals surface area contributed by atoms with Gasteiger partial charge in [0.15, 0.2) is 0 Å². The predicted molar refractivity (Wildman–Crippen MR) is 83.4 cm³/mol. The Morgan fingerprint density at radius 1 is 1.19 bits per heavy atom. The average Bonchev–Trinajstić information content (AvgIpc) is 2.53. The van der Waals surface area contributed by atoms with Crippen LogP contribution >= 0.6 is 0 Å². The van der Waals surface area contributed by atoms with Crippen LogP contribution < -0.4 is 0 Å². The van der Waals surface area contributed by atoms with E-state index in [1.54, 1.807) is 0 Å². The molecule has 1 aromatic carbocycles. The molecule has 0 unspecified atom stereocenters. The molecule has 0 radical (unpaired) electrons. The van der Waals surface area contributed by atoms with E-state index in [-0.39, 0.29) is 5.97 Å². The quantitative estimate of drug-likeness (QED) is 0.798. The van der Waals surface area contributed by atoms with Gasteiger partial charge in [-0.3, -0.25) is 4.90 Å². The summed E-state index contributed by atoms with van der Waals surface area (Å²) in [4.78, 5) is 14.8. The van der Waals surface area contributed by atoms with Gasteiger partial charge in [-0.25, -0.2) is 4.79 Å². The molecule has 2 heterocycles. The van der Waals surface area contributed by atoms with E-state index in [4.69, 9.17) is 4.74 Å². The van der Waals surface area contributed by atoms with Crippen molar-refractivity contribution in [2.24, 2.45) is 5.92 Å². The molecule has 0 amide bonds. The summed E-state index contributed by atoms with van der Waals surface area (Å²) in [5.74, 6) is 0.355. The monoisotopic (exact) mass is 287 g/mol. The molecule has 2 fully saturated rings. The second-order valence-electron chi connectivity index (χ2n) is 6.41. The predicted octanol–water partition coefficient (Wildman–Crippen LogP) is 3.42. The Labute approximate surface area is 127 Å². The van der Waals surface area contributed by atoms with Crippen LogP contribution in [-0.2, 0) is 4.74 Å². The highest BCUT2D eigenvalue weighted by atomic mass is 16.5. The molecule has 114 valence electrons. The molecule has 21 heavy (non-hydrogen) atoms. The van der Waals surface area contributed by atoms with Crippen LogP contribution in [0, 0.1) is 12.8 Å². The Morgan fingerprint density at radius 3 is 2.86 bits per heavy atom. The molecule has 3 heteroatoms. The number of aryl methyl sites for hydroxylation is 1. The summed E-state index contributed by atoms with van der Waals surface area (Å²) in [6.45, 7) is 4.99. The van der Waals surface area contributed by atoms with Crippen molar-refractivity contribution in [1.82, 2.24) is 4.90 Å². The lowest BCUT2D eigenvalue weighted by atomic mass is 9.84. The first kappa shape index (κ1) is 14.6. The van der Waals surface area contributed by atoms with E-state index in [2.05, 4.69) is 4.90 Å². The van der Waals surface area contributed by atoms with Crippen molar-refractivity contribution in [3.63, 3.8) is 0 Å². The number of fused-ring (bicyclic) bond motifs is 1. The van der Waals surface area contributed by atoms with Gasteiger partial charge in [-0.15, -0.1) is 0 Å². The first-order valence-electron chi connectivity index (χ1n) is 8.22. The largest absolute Gasteiger partial charge is 0.462 e. The van der Waals surface area contributed by atoms with E-state index < -0.39 is 0 Å². The van der Waals surface area contributed by atoms with Crippen LogP contribution in [0.1, 0.15) is 48.0 Å². The highest BCUT2D eigenvalue weighted by Crippen LogP contribution is 2.31. The second kappa shape index (κ2) is 6.61. The summed E-state index contributed by atoms with van der Waals surface area (Å²) < 4.78 is 5.63. The Balaban J connectivity index is 1.59. The maximum absolute atomic E-state index is 12.2. The molecule has 0 aliphatic carbocycles. The summed E-state index contributed by atoms with van der Waals surface area (Å²) >= 11 is 0. The summed E-state index contributed by atoms with van der Waals surface area (Å²) in [6, 6.07) is 8.29. The number of piperidine rings is 2. The first-order valence-corrected chi connectivity index (χ1v) is 8.22. The number of carbonyl (C=O) groups excluding carboxylic acids is 1. The number of nitrogens with zero attached hydrogens (tertiary/aromatic N) is 1. The molecular formula is C18H25NO2. The fourth-order valence-electron chi connectivity index (χ4n) is 3.83. The van der Waals surface area contributed by atoms with Crippen molar-refractivity contribution >= 4 is 5.97 Å². The molecule has 2 atom stereocenters. The normalized spacial score (nSPS) is 26.1. The van der Waals surface area contributed by atoms with E-state index in [1.807, 2.05) is 31.2 Å². The molecule has 2 aliphatic heterocycles. The van der Waals surface area contributed by atoms with Crippen molar-refractivity contribution in [3.05, 3.63) is 35.4 Å². The fourth-order valence-corrected chi connectivity index (χ4v) is 3.83. The Morgan fingerprint density at radius 2 is 2.00 bits per heavy atom. The molecule has 0 spiro atoms. The third kappa shape index (κ3) is 3.29. The number of esters is 1. The van der Waals surface area contributed by atoms with Crippen LogP contribution in [0.25, 0.3) is 0 Å². The summed E-state index contributed by atoms with van der Waals surface area (Å²) in [6.07, 6.45) is 6.35. The fraction of sp³-hybridized carbons (Fsp3) is 0.611. The minimum Gasteiger partial charge on any atom is -0.462 e.